The first kappa shape index (κ1) is 14.3. The molecule has 90 valence electrons. The number of fused-ring (bicyclic) bond motifs is 1. The third kappa shape index (κ3) is 2.68. The molecule has 0 aliphatic carbocycles. The Morgan fingerprint density at radius 3 is 2.19 bits per heavy atom. The van der Waals surface area contributed by atoms with E-state index in [9.17, 15) is 0 Å². The maximum Gasteiger partial charge on any atom is 0.163 e. The van der Waals surface area contributed by atoms with Crippen molar-refractivity contribution in [3.8, 4) is 0 Å². The van der Waals surface area contributed by atoms with Gasteiger partial charge in [0, 0.05) is 7.05 Å². The molecular weight excluding hydrogens is 202 g/mol. The molecule has 2 rings (SSSR count). The lowest BCUT2D eigenvalue weighted by atomic mass is 10.3. The Morgan fingerprint density at radius 2 is 1.69 bits per heavy atom. The van der Waals surface area contributed by atoms with Crippen molar-refractivity contribution in [2.45, 2.75) is 34.6 Å². The molecule has 0 amide bonds. The molecule has 2 heterocycles. The highest BCUT2D eigenvalue weighted by molar-refractivity contribution is 5.87. The first-order chi connectivity index (χ1) is 7.70. The summed E-state index contributed by atoms with van der Waals surface area (Å²) >= 11 is 0. The topological polar surface area (TPSA) is 69.6 Å². The molecule has 2 aromatic heterocycles. The van der Waals surface area contributed by atoms with E-state index in [0.717, 1.165) is 16.7 Å². The number of nitrogens with zero attached hydrogens (tertiary/aromatic N) is 4. The van der Waals surface area contributed by atoms with E-state index < -0.39 is 0 Å². The van der Waals surface area contributed by atoms with E-state index in [1.807, 2.05) is 41.7 Å². The average molecular weight is 223 g/mol. The lowest BCUT2D eigenvalue weighted by molar-refractivity contribution is 0.773. The van der Waals surface area contributed by atoms with Crippen molar-refractivity contribution < 1.29 is 0 Å². The number of aromatic nitrogens is 4. The van der Waals surface area contributed by atoms with E-state index >= 15 is 0 Å². The molecule has 0 aliphatic heterocycles. The van der Waals surface area contributed by atoms with Crippen LogP contribution in [0.3, 0.4) is 0 Å². The third-order valence-electron chi connectivity index (χ3n) is 1.82. The van der Waals surface area contributed by atoms with Gasteiger partial charge in [-0.25, -0.2) is 9.97 Å². The second-order valence-electron chi connectivity index (χ2n) is 2.67. The Bertz CT molecular complexity index is 433. The third-order valence-corrected chi connectivity index (χ3v) is 1.82. The highest BCUT2D eigenvalue weighted by Gasteiger charge is 2.08. The Morgan fingerprint density at radius 1 is 1.12 bits per heavy atom. The first-order valence-electron chi connectivity index (χ1n) is 5.60. The molecule has 0 radical (unpaired) electrons. The number of rotatable bonds is 0. The molecule has 0 saturated carbocycles. The van der Waals surface area contributed by atoms with E-state index in [2.05, 4.69) is 15.1 Å². The van der Waals surface area contributed by atoms with Crippen molar-refractivity contribution in [2.24, 2.45) is 7.05 Å². The van der Waals surface area contributed by atoms with Gasteiger partial charge in [-0.05, 0) is 6.92 Å². The van der Waals surface area contributed by atoms with Crippen LogP contribution in [0.25, 0.3) is 11.0 Å². The summed E-state index contributed by atoms with van der Waals surface area (Å²) in [6.07, 6.45) is 1.44. The van der Waals surface area contributed by atoms with Crippen LogP contribution in [0.4, 0.5) is 5.82 Å². The minimum Gasteiger partial charge on any atom is -0.383 e. The maximum absolute atomic E-state index is 5.67. The summed E-state index contributed by atoms with van der Waals surface area (Å²) in [4.78, 5) is 7.97. The fourth-order valence-electron chi connectivity index (χ4n) is 1.30. The van der Waals surface area contributed by atoms with Crippen LogP contribution >= 0.6 is 0 Å². The van der Waals surface area contributed by atoms with Gasteiger partial charge in [-0.2, -0.15) is 5.10 Å². The largest absolute Gasteiger partial charge is 0.383 e. The quantitative estimate of drug-likeness (QED) is 0.744. The van der Waals surface area contributed by atoms with Gasteiger partial charge >= 0.3 is 0 Å². The van der Waals surface area contributed by atoms with Gasteiger partial charge in [-0.1, -0.05) is 27.7 Å². The molecule has 0 saturated heterocycles. The Balaban J connectivity index is 0.000000509. The summed E-state index contributed by atoms with van der Waals surface area (Å²) in [6, 6.07) is 0. The Kier molecular flexibility index (Phi) is 6.07. The number of nitrogen functional groups attached to an aromatic ring is 1. The second-order valence-corrected chi connectivity index (χ2v) is 2.67. The predicted octanol–water partition coefficient (Wildman–Crippen LogP) is 2.31. The minimum absolute atomic E-state index is 0.491. The Labute approximate surface area is 96.7 Å². The number of anilines is 1. The molecule has 2 aromatic rings. The van der Waals surface area contributed by atoms with Crippen LogP contribution in [0.2, 0.25) is 0 Å². The van der Waals surface area contributed by atoms with Gasteiger partial charge in [0.1, 0.15) is 12.1 Å². The predicted molar refractivity (Wildman–Crippen MR) is 68.1 cm³/mol. The minimum atomic E-state index is 0.491. The van der Waals surface area contributed by atoms with Crippen molar-refractivity contribution >= 4 is 16.9 Å². The van der Waals surface area contributed by atoms with E-state index in [1.165, 1.54) is 6.33 Å². The van der Waals surface area contributed by atoms with Gasteiger partial charge in [0.2, 0.25) is 0 Å². The summed E-state index contributed by atoms with van der Waals surface area (Å²) in [7, 11) is 1.84. The first-order valence-corrected chi connectivity index (χ1v) is 5.60. The Hall–Kier alpha value is -1.65. The molecule has 5 heteroatoms. The summed E-state index contributed by atoms with van der Waals surface area (Å²) in [5.41, 5.74) is 7.31. The van der Waals surface area contributed by atoms with Gasteiger partial charge in [-0.3, -0.25) is 4.68 Å². The normalized spacial score (nSPS) is 8.88. The monoisotopic (exact) mass is 223 g/mol. The van der Waals surface area contributed by atoms with Crippen molar-refractivity contribution in [3.05, 3.63) is 12.0 Å². The van der Waals surface area contributed by atoms with Gasteiger partial charge in [0.15, 0.2) is 5.65 Å². The molecular formula is C11H21N5. The second kappa shape index (κ2) is 6.76. The van der Waals surface area contributed by atoms with Crippen molar-refractivity contribution in [1.82, 2.24) is 19.7 Å². The van der Waals surface area contributed by atoms with Crippen LogP contribution in [-0.2, 0) is 7.05 Å². The zero-order chi connectivity index (χ0) is 12.7. The van der Waals surface area contributed by atoms with E-state index in [-0.39, 0.29) is 0 Å². The van der Waals surface area contributed by atoms with Gasteiger partial charge < -0.3 is 5.73 Å². The zero-order valence-corrected chi connectivity index (χ0v) is 10.9. The summed E-state index contributed by atoms with van der Waals surface area (Å²) in [6.45, 7) is 9.89. The van der Waals surface area contributed by atoms with Crippen LogP contribution in [0.5, 0.6) is 0 Å². The lowest BCUT2D eigenvalue weighted by Crippen LogP contribution is -1.95. The molecule has 0 atom stereocenters. The number of hydrogen-bond acceptors (Lipinski definition) is 4. The van der Waals surface area contributed by atoms with E-state index in [0.29, 0.717) is 5.82 Å². The molecule has 16 heavy (non-hydrogen) atoms. The molecule has 0 spiro atoms. The highest BCUT2D eigenvalue weighted by atomic mass is 15.3. The lowest BCUT2D eigenvalue weighted by Gasteiger charge is -1.93. The molecule has 0 fully saturated rings. The van der Waals surface area contributed by atoms with Crippen molar-refractivity contribution in [2.75, 3.05) is 5.73 Å². The smallest absolute Gasteiger partial charge is 0.163 e. The zero-order valence-electron chi connectivity index (χ0n) is 10.9. The highest BCUT2D eigenvalue weighted by Crippen LogP contribution is 2.18. The molecule has 5 nitrogen and oxygen atoms in total. The van der Waals surface area contributed by atoms with E-state index in [4.69, 9.17) is 5.73 Å². The SMILES string of the molecule is CC.CC.Cc1nn(C)c2ncnc(N)c12. The summed E-state index contributed by atoms with van der Waals surface area (Å²) in [5, 5.41) is 5.03. The molecule has 0 aromatic carbocycles. The fraction of sp³-hybridized carbons (Fsp3) is 0.545. The van der Waals surface area contributed by atoms with Crippen LogP contribution in [-0.4, -0.2) is 19.7 Å². The number of aryl methyl sites for hydroxylation is 2. The molecule has 0 bridgehead atoms. The van der Waals surface area contributed by atoms with Gasteiger partial charge in [0.25, 0.3) is 0 Å². The van der Waals surface area contributed by atoms with Crippen LogP contribution in [0.1, 0.15) is 33.4 Å². The number of hydrogen-bond donors (Lipinski definition) is 1. The van der Waals surface area contributed by atoms with Crippen molar-refractivity contribution in [3.63, 3.8) is 0 Å². The van der Waals surface area contributed by atoms with Crippen molar-refractivity contribution in [1.29, 1.82) is 0 Å². The number of nitrogens with two attached hydrogens (primary N) is 1. The van der Waals surface area contributed by atoms with Gasteiger partial charge in [0.05, 0.1) is 11.1 Å². The average Bonchev–Trinajstić information content (AvgIpc) is 2.61. The summed E-state index contributed by atoms with van der Waals surface area (Å²) in [5.74, 6) is 0.491. The van der Waals surface area contributed by atoms with Crippen LogP contribution in [0.15, 0.2) is 6.33 Å². The van der Waals surface area contributed by atoms with Gasteiger partial charge in [-0.15, -0.1) is 0 Å². The molecule has 0 aliphatic rings. The van der Waals surface area contributed by atoms with E-state index in [1.54, 1.807) is 4.68 Å². The maximum atomic E-state index is 5.67. The molecule has 0 unspecified atom stereocenters. The van der Waals surface area contributed by atoms with Crippen LogP contribution < -0.4 is 5.73 Å². The summed E-state index contributed by atoms with van der Waals surface area (Å²) < 4.78 is 1.70. The standard InChI is InChI=1S/C7H9N5.2C2H6/c1-4-5-6(8)9-3-10-7(5)12(2)11-4;2*1-2/h3H,1-2H3,(H2,8,9,10);2*1-2H3. The van der Waals surface area contributed by atoms with Crippen LogP contribution in [0, 0.1) is 6.92 Å². The fourth-order valence-corrected chi connectivity index (χ4v) is 1.30. The molecule has 2 N–H and O–H groups in total.